The van der Waals surface area contributed by atoms with Gasteiger partial charge in [0.25, 0.3) is 0 Å². The largest absolute Gasteiger partial charge is 0.459 e. The third-order valence-electron chi connectivity index (χ3n) is 2.63. The molecule has 0 aliphatic rings. The Morgan fingerprint density at radius 1 is 1.25 bits per heavy atom. The second kappa shape index (κ2) is 6.31. The molecule has 0 fully saturated rings. The Bertz CT molecular complexity index is 327. The summed E-state index contributed by atoms with van der Waals surface area (Å²) in [4.78, 5) is 11.8. The molecular weight excluding hydrogens is 200 g/mol. The molecule has 16 heavy (non-hydrogen) atoms. The van der Waals surface area contributed by atoms with Crippen LogP contribution in [0.3, 0.4) is 0 Å². The van der Waals surface area contributed by atoms with Crippen LogP contribution in [0.5, 0.6) is 0 Å². The summed E-state index contributed by atoms with van der Waals surface area (Å²) in [6, 6.07) is 7.49. The highest BCUT2D eigenvalue weighted by molar-refractivity contribution is 5.89. The fourth-order valence-corrected chi connectivity index (χ4v) is 1.58. The molecule has 0 saturated carbocycles. The molecule has 0 saturated heterocycles. The Balaban J connectivity index is 2.60. The van der Waals surface area contributed by atoms with Crippen molar-refractivity contribution < 1.29 is 9.53 Å². The van der Waals surface area contributed by atoms with E-state index in [1.807, 2.05) is 38.1 Å². The summed E-state index contributed by atoms with van der Waals surface area (Å²) in [6.07, 6.45) is 2.91. The first-order valence-electron chi connectivity index (χ1n) is 5.95. The Labute approximate surface area is 97.6 Å². The van der Waals surface area contributed by atoms with E-state index in [9.17, 15) is 4.79 Å². The molecule has 0 heterocycles. The van der Waals surface area contributed by atoms with Crippen molar-refractivity contribution in [2.45, 2.75) is 46.1 Å². The van der Waals surface area contributed by atoms with Crippen molar-refractivity contribution in [1.82, 2.24) is 0 Å². The molecule has 0 aliphatic carbocycles. The second-order valence-corrected chi connectivity index (χ2v) is 4.09. The maximum atomic E-state index is 11.8. The number of rotatable bonds is 5. The zero-order valence-corrected chi connectivity index (χ0v) is 10.3. The van der Waals surface area contributed by atoms with E-state index in [1.54, 1.807) is 0 Å². The van der Waals surface area contributed by atoms with Crippen molar-refractivity contribution in [3.8, 4) is 0 Å². The van der Waals surface area contributed by atoms with Crippen molar-refractivity contribution in [2.24, 2.45) is 0 Å². The van der Waals surface area contributed by atoms with E-state index in [4.69, 9.17) is 4.74 Å². The van der Waals surface area contributed by atoms with E-state index in [1.165, 1.54) is 0 Å². The number of hydrogen-bond acceptors (Lipinski definition) is 2. The number of aryl methyl sites for hydroxylation is 1. The highest BCUT2D eigenvalue weighted by atomic mass is 16.5. The van der Waals surface area contributed by atoms with Crippen molar-refractivity contribution in [3.05, 3.63) is 35.4 Å². The van der Waals surface area contributed by atoms with Crippen LogP contribution < -0.4 is 0 Å². The Morgan fingerprint density at radius 2 is 1.88 bits per heavy atom. The zero-order chi connectivity index (χ0) is 12.0. The van der Waals surface area contributed by atoms with Gasteiger partial charge in [-0.1, -0.05) is 38.0 Å². The number of hydrogen-bond donors (Lipinski definition) is 0. The summed E-state index contributed by atoms with van der Waals surface area (Å²) in [6.45, 7) is 6.15. The predicted molar refractivity (Wildman–Crippen MR) is 65.6 cm³/mol. The van der Waals surface area contributed by atoms with Crippen LogP contribution in [0.2, 0.25) is 0 Å². The minimum absolute atomic E-state index is 0.0544. The molecule has 2 nitrogen and oxygen atoms in total. The molecule has 2 heteroatoms. The highest BCUT2D eigenvalue weighted by Gasteiger charge is 2.13. The molecule has 88 valence electrons. The normalized spacial score (nSPS) is 12.2. The average Bonchev–Trinajstić information content (AvgIpc) is 2.29. The lowest BCUT2D eigenvalue weighted by atomic mass is 10.1. The summed E-state index contributed by atoms with van der Waals surface area (Å²) >= 11 is 0. The van der Waals surface area contributed by atoms with Crippen LogP contribution in [-0.2, 0) is 4.74 Å². The lowest BCUT2D eigenvalue weighted by Crippen LogP contribution is -2.17. The third kappa shape index (κ3) is 3.69. The molecule has 0 aliphatic heterocycles. The molecule has 0 aromatic heterocycles. The van der Waals surface area contributed by atoms with Gasteiger partial charge in [0.2, 0.25) is 0 Å². The first kappa shape index (κ1) is 12.8. The van der Waals surface area contributed by atoms with Crippen LogP contribution in [0, 0.1) is 6.92 Å². The van der Waals surface area contributed by atoms with Gasteiger partial charge in [-0.3, -0.25) is 0 Å². The quantitative estimate of drug-likeness (QED) is 0.707. The van der Waals surface area contributed by atoms with Gasteiger partial charge in [-0.25, -0.2) is 4.79 Å². The van der Waals surface area contributed by atoms with E-state index < -0.39 is 0 Å². The first-order chi connectivity index (χ1) is 7.67. The van der Waals surface area contributed by atoms with Crippen molar-refractivity contribution in [2.75, 3.05) is 0 Å². The smallest absolute Gasteiger partial charge is 0.338 e. The van der Waals surface area contributed by atoms with E-state index >= 15 is 0 Å². The van der Waals surface area contributed by atoms with Crippen molar-refractivity contribution in [1.29, 1.82) is 0 Å². The average molecular weight is 220 g/mol. The van der Waals surface area contributed by atoms with E-state index in [0.717, 1.165) is 24.8 Å². The van der Waals surface area contributed by atoms with Gasteiger partial charge < -0.3 is 4.74 Å². The lowest BCUT2D eigenvalue weighted by Gasteiger charge is -2.15. The lowest BCUT2D eigenvalue weighted by molar-refractivity contribution is 0.0271. The van der Waals surface area contributed by atoms with Gasteiger partial charge in [-0.05, 0) is 31.9 Å². The van der Waals surface area contributed by atoms with Gasteiger partial charge in [0.05, 0.1) is 5.56 Å². The maximum absolute atomic E-state index is 11.8. The Morgan fingerprint density at radius 3 is 2.38 bits per heavy atom. The highest BCUT2D eigenvalue weighted by Crippen LogP contribution is 2.11. The van der Waals surface area contributed by atoms with E-state index in [2.05, 4.69) is 6.92 Å². The third-order valence-corrected chi connectivity index (χ3v) is 2.63. The second-order valence-electron chi connectivity index (χ2n) is 4.09. The number of benzene rings is 1. The fraction of sp³-hybridized carbons (Fsp3) is 0.500. The molecule has 1 aromatic rings. The molecule has 1 aromatic carbocycles. The summed E-state index contributed by atoms with van der Waals surface area (Å²) in [7, 11) is 0. The van der Waals surface area contributed by atoms with Gasteiger partial charge in [0.15, 0.2) is 0 Å². The topological polar surface area (TPSA) is 26.3 Å². The fourth-order valence-electron chi connectivity index (χ4n) is 1.58. The monoisotopic (exact) mass is 220 g/mol. The van der Waals surface area contributed by atoms with Crippen LogP contribution in [0.4, 0.5) is 0 Å². The van der Waals surface area contributed by atoms with Crippen molar-refractivity contribution in [3.63, 3.8) is 0 Å². The molecule has 0 N–H and O–H groups in total. The van der Waals surface area contributed by atoms with Crippen LogP contribution in [0.15, 0.2) is 24.3 Å². The molecule has 0 radical (unpaired) electrons. The van der Waals surface area contributed by atoms with Gasteiger partial charge in [-0.2, -0.15) is 0 Å². The molecular formula is C14H20O2. The predicted octanol–water partition coefficient (Wildman–Crippen LogP) is 3.73. The number of carbonyl (C=O) groups is 1. The van der Waals surface area contributed by atoms with Crippen LogP contribution in [-0.4, -0.2) is 12.1 Å². The molecule has 0 amide bonds. The van der Waals surface area contributed by atoms with Crippen LogP contribution >= 0.6 is 0 Å². The minimum atomic E-state index is -0.208. The first-order valence-corrected chi connectivity index (χ1v) is 5.95. The van der Waals surface area contributed by atoms with Crippen LogP contribution in [0.25, 0.3) is 0 Å². The Kier molecular flexibility index (Phi) is 5.03. The number of ether oxygens (including phenoxy) is 1. The summed E-state index contributed by atoms with van der Waals surface area (Å²) < 4.78 is 5.43. The standard InChI is InChI=1S/C14H20O2/c1-4-6-13(5-2)16-14(15)12-9-7-11(3)8-10-12/h7-10,13H,4-6H2,1-3H3. The summed E-state index contributed by atoms with van der Waals surface area (Å²) in [5, 5.41) is 0. The minimum Gasteiger partial charge on any atom is -0.459 e. The summed E-state index contributed by atoms with van der Waals surface area (Å²) in [5.41, 5.74) is 1.79. The maximum Gasteiger partial charge on any atom is 0.338 e. The SMILES string of the molecule is CCCC(CC)OC(=O)c1ccc(C)cc1. The van der Waals surface area contributed by atoms with Crippen LogP contribution in [0.1, 0.15) is 49.0 Å². The zero-order valence-electron chi connectivity index (χ0n) is 10.3. The van der Waals surface area contributed by atoms with Gasteiger partial charge in [0, 0.05) is 0 Å². The molecule has 1 atom stereocenters. The molecule has 1 unspecified atom stereocenters. The van der Waals surface area contributed by atoms with E-state index in [0.29, 0.717) is 5.56 Å². The Hall–Kier alpha value is -1.31. The van der Waals surface area contributed by atoms with E-state index in [-0.39, 0.29) is 12.1 Å². The van der Waals surface area contributed by atoms with Crippen molar-refractivity contribution >= 4 is 5.97 Å². The van der Waals surface area contributed by atoms with Gasteiger partial charge in [0.1, 0.15) is 6.10 Å². The molecule has 0 spiro atoms. The molecule has 0 bridgehead atoms. The number of esters is 1. The molecule has 1 rings (SSSR count). The van der Waals surface area contributed by atoms with Gasteiger partial charge in [-0.15, -0.1) is 0 Å². The number of carbonyl (C=O) groups excluding carboxylic acids is 1. The van der Waals surface area contributed by atoms with Gasteiger partial charge >= 0.3 is 5.97 Å². The summed E-state index contributed by atoms with van der Waals surface area (Å²) in [5.74, 6) is -0.208.